The second-order valence-electron chi connectivity index (χ2n) is 4.60. The molecule has 2 amide bonds. The third-order valence-electron chi connectivity index (χ3n) is 2.72. The van der Waals surface area contributed by atoms with Crippen LogP contribution in [0.15, 0.2) is 6.20 Å². The molecule has 0 aliphatic heterocycles. The summed E-state index contributed by atoms with van der Waals surface area (Å²) in [5.41, 5.74) is -0.140. The van der Waals surface area contributed by atoms with Crippen LogP contribution in [0.3, 0.4) is 0 Å². The molecule has 0 aliphatic carbocycles. The van der Waals surface area contributed by atoms with Crippen molar-refractivity contribution < 1.29 is 14.7 Å². The summed E-state index contributed by atoms with van der Waals surface area (Å²) in [7, 11) is 0. The predicted octanol–water partition coefficient (Wildman–Crippen LogP) is 0.310. The quantitative estimate of drug-likeness (QED) is 0.745. The molecule has 9 heteroatoms. The summed E-state index contributed by atoms with van der Waals surface area (Å²) in [4.78, 5) is 24.2. The molecule has 114 valence electrons. The maximum Gasteiger partial charge on any atom is 0.358 e. The molecule has 0 fully saturated rings. The van der Waals surface area contributed by atoms with Crippen LogP contribution in [0.2, 0.25) is 0 Å². The number of urea groups is 1. The normalized spacial score (nSPS) is 10.2. The van der Waals surface area contributed by atoms with Gasteiger partial charge in [-0.3, -0.25) is 0 Å². The SMILES string of the molecule is CC(C)N(CCC#N)C(=O)NCCn1cc(C(=O)O)nn1. The molecular formula is C12H18N6O3. The largest absolute Gasteiger partial charge is 0.476 e. The van der Waals surface area contributed by atoms with Crippen LogP contribution < -0.4 is 5.32 Å². The number of carbonyl (C=O) groups excluding carboxylic acids is 1. The Morgan fingerprint density at radius 2 is 2.29 bits per heavy atom. The van der Waals surface area contributed by atoms with Gasteiger partial charge in [0.05, 0.1) is 25.2 Å². The first-order valence-corrected chi connectivity index (χ1v) is 6.50. The molecule has 1 aromatic rings. The molecule has 21 heavy (non-hydrogen) atoms. The van der Waals surface area contributed by atoms with Crippen LogP contribution in [0.1, 0.15) is 30.8 Å². The molecule has 0 spiro atoms. The Morgan fingerprint density at radius 3 is 2.81 bits per heavy atom. The average Bonchev–Trinajstić information content (AvgIpc) is 2.88. The summed E-state index contributed by atoms with van der Waals surface area (Å²) < 4.78 is 1.35. The van der Waals surface area contributed by atoms with Gasteiger partial charge < -0.3 is 15.3 Å². The zero-order valence-corrected chi connectivity index (χ0v) is 12.0. The van der Waals surface area contributed by atoms with Crippen molar-refractivity contribution in [3.8, 4) is 6.07 Å². The van der Waals surface area contributed by atoms with E-state index in [1.165, 1.54) is 10.9 Å². The van der Waals surface area contributed by atoms with Crippen molar-refractivity contribution in [2.45, 2.75) is 32.9 Å². The van der Waals surface area contributed by atoms with Crippen molar-refractivity contribution in [3.05, 3.63) is 11.9 Å². The zero-order valence-electron chi connectivity index (χ0n) is 12.0. The molecule has 9 nitrogen and oxygen atoms in total. The van der Waals surface area contributed by atoms with E-state index in [-0.39, 0.29) is 30.7 Å². The lowest BCUT2D eigenvalue weighted by atomic mass is 10.3. The van der Waals surface area contributed by atoms with E-state index in [1.807, 2.05) is 19.9 Å². The number of rotatable bonds is 7. The number of aromatic carboxylic acids is 1. The number of carboxylic acids is 1. The maximum atomic E-state index is 12.0. The Hall–Kier alpha value is -2.63. The van der Waals surface area contributed by atoms with Gasteiger partial charge in [-0.1, -0.05) is 5.21 Å². The van der Waals surface area contributed by atoms with Crippen LogP contribution in [0, 0.1) is 11.3 Å². The fourth-order valence-corrected chi connectivity index (χ4v) is 1.65. The third-order valence-corrected chi connectivity index (χ3v) is 2.72. The first-order chi connectivity index (χ1) is 9.95. The van der Waals surface area contributed by atoms with E-state index in [9.17, 15) is 9.59 Å². The van der Waals surface area contributed by atoms with E-state index in [1.54, 1.807) is 4.90 Å². The Bertz CT molecular complexity index is 533. The molecule has 0 atom stereocenters. The van der Waals surface area contributed by atoms with Crippen LogP contribution >= 0.6 is 0 Å². The van der Waals surface area contributed by atoms with Crippen molar-refractivity contribution >= 4 is 12.0 Å². The number of hydrogen-bond acceptors (Lipinski definition) is 5. The third kappa shape index (κ3) is 5.10. The minimum absolute atomic E-state index is 0.0108. The van der Waals surface area contributed by atoms with Crippen LogP contribution in [-0.2, 0) is 6.54 Å². The second-order valence-corrected chi connectivity index (χ2v) is 4.60. The molecule has 0 aliphatic rings. The van der Waals surface area contributed by atoms with Crippen molar-refractivity contribution in [2.75, 3.05) is 13.1 Å². The molecule has 1 aromatic heterocycles. The molecule has 1 heterocycles. The lowest BCUT2D eigenvalue weighted by molar-refractivity contribution is 0.0690. The van der Waals surface area contributed by atoms with Gasteiger partial charge in [0.2, 0.25) is 0 Å². The minimum Gasteiger partial charge on any atom is -0.476 e. The second kappa shape index (κ2) is 7.84. The molecule has 0 bridgehead atoms. The van der Waals surface area contributed by atoms with Crippen LogP contribution in [0.4, 0.5) is 4.79 Å². The summed E-state index contributed by atoms with van der Waals surface area (Å²) >= 11 is 0. The molecule has 0 radical (unpaired) electrons. The van der Waals surface area contributed by atoms with Crippen molar-refractivity contribution in [1.29, 1.82) is 5.26 Å². The van der Waals surface area contributed by atoms with Crippen molar-refractivity contribution in [3.63, 3.8) is 0 Å². The number of carbonyl (C=O) groups is 2. The highest BCUT2D eigenvalue weighted by molar-refractivity contribution is 5.84. The molecule has 0 aromatic carbocycles. The molecule has 2 N–H and O–H groups in total. The first-order valence-electron chi connectivity index (χ1n) is 6.50. The Kier molecular flexibility index (Phi) is 6.13. The molecule has 0 unspecified atom stereocenters. The van der Waals surface area contributed by atoms with Gasteiger partial charge in [0, 0.05) is 19.1 Å². The predicted molar refractivity (Wildman–Crippen MR) is 72.5 cm³/mol. The van der Waals surface area contributed by atoms with Crippen LogP contribution in [0.5, 0.6) is 0 Å². The van der Waals surface area contributed by atoms with Gasteiger partial charge in [0.15, 0.2) is 5.69 Å². The van der Waals surface area contributed by atoms with Gasteiger partial charge in [0.25, 0.3) is 0 Å². The van der Waals surface area contributed by atoms with Gasteiger partial charge in [-0.25, -0.2) is 14.3 Å². The number of aromatic nitrogens is 3. The molecule has 1 rings (SSSR count). The maximum absolute atomic E-state index is 12.0. The number of hydrogen-bond donors (Lipinski definition) is 2. The van der Waals surface area contributed by atoms with Crippen molar-refractivity contribution in [1.82, 2.24) is 25.2 Å². The Labute approximate surface area is 122 Å². The number of amides is 2. The van der Waals surface area contributed by atoms with Gasteiger partial charge in [0.1, 0.15) is 0 Å². The minimum atomic E-state index is -1.15. The molecular weight excluding hydrogens is 276 g/mol. The lowest BCUT2D eigenvalue weighted by Crippen LogP contribution is -2.45. The highest BCUT2D eigenvalue weighted by atomic mass is 16.4. The monoisotopic (exact) mass is 294 g/mol. The first kappa shape index (κ1) is 16.4. The molecule has 0 saturated carbocycles. The smallest absolute Gasteiger partial charge is 0.358 e. The van der Waals surface area contributed by atoms with E-state index in [2.05, 4.69) is 15.6 Å². The number of carboxylic acid groups (broad SMARTS) is 1. The van der Waals surface area contributed by atoms with Gasteiger partial charge in [-0.15, -0.1) is 5.10 Å². The van der Waals surface area contributed by atoms with Crippen LogP contribution in [-0.4, -0.2) is 56.1 Å². The lowest BCUT2D eigenvalue weighted by Gasteiger charge is -2.26. The van der Waals surface area contributed by atoms with E-state index in [0.29, 0.717) is 13.1 Å². The Morgan fingerprint density at radius 1 is 1.57 bits per heavy atom. The van der Waals surface area contributed by atoms with E-state index >= 15 is 0 Å². The highest BCUT2D eigenvalue weighted by Crippen LogP contribution is 2.00. The van der Waals surface area contributed by atoms with Gasteiger partial charge in [-0.2, -0.15) is 5.26 Å². The number of nitrogens with one attached hydrogen (secondary N) is 1. The van der Waals surface area contributed by atoms with Crippen LogP contribution in [0.25, 0.3) is 0 Å². The summed E-state index contributed by atoms with van der Waals surface area (Å²) in [6.07, 6.45) is 1.57. The summed E-state index contributed by atoms with van der Waals surface area (Å²) in [5, 5.41) is 27.1. The zero-order chi connectivity index (χ0) is 15.8. The number of nitrogens with zero attached hydrogens (tertiary/aromatic N) is 5. The fraction of sp³-hybridized carbons (Fsp3) is 0.583. The highest BCUT2D eigenvalue weighted by Gasteiger charge is 2.16. The average molecular weight is 294 g/mol. The van der Waals surface area contributed by atoms with E-state index in [0.717, 1.165) is 0 Å². The summed E-state index contributed by atoms with van der Waals surface area (Å²) in [6.45, 7) is 4.71. The van der Waals surface area contributed by atoms with Gasteiger partial charge in [-0.05, 0) is 13.8 Å². The van der Waals surface area contributed by atoms with E-state index < -0.39 is 5.97 Å². The van der Waals surface area contributed by atoms with Crippen molar-refractivity contribution in [2.24, 2.45) is 0 Å². The topological polar surface area (TPSA) is 124 Å². The van der Waals surface area contributed by atoms with E-state index in [4.69, 9.17) is 10.4 Å². The Balaban J connectivity index is 2.44. The van der Waals surface area contributed by atoms with Gasteiger partial charge >= 0.3 is 12.0 Å². The number of nitriles is 1. The standard InChI is InChI=1S/C12H18N6O3/c1-9(2)18(6-3-4-13)12(21)14-5-7-17-8-10(11(19)20)15-16-17/h8-9H,3,5-7H2,1-2H3,(H,14,21)(H,19,20). The molecule has 0 saturated heterocycles. The summed E-state index contributed by atoms with van der Waals surface area (Å²) in [6, 6.07) is 1.73. The fourth-order valence-electron chi connectivity index (χ4n) is 1.65. The summed E-state index contributed by atoms with van der Waals surface area (Å²) in [5.74, 6) is -1.15.